The normalized spacial score (nSPS) is 10.5. The molecule has 0 saturated carbocycles. The summed E-state index contributed by atoms with van der Waals surface area (Å²) in [5.74, 6) is 0.798. The highest BCUT2D eigenvalue weighted by Gasteiger charge is 2.19. The van der Waals surface area contributed by atoms with Crippen molar-refractivity contribution >= 4 is 28.5 Å². The van der Waals surface area contributed by atoms with Crippen molar-refractivity contribution in [2.24, 2.45) is 5.73 Å². The van der Waals surface area contributed by atoms with Crippen LogP contribution in [0, 0.1) is 6.92 Å². The first-order valence-corrected chi connectivity index (χ1v) is 7.87. The van der Waals surface area contributed by atoms with E-state index in [1.54, 1.807) is 56.5 Å². The summed E-state index contributed by atoms with van der Waals surface area (Å²) in [5.41, 5.74) is 6.68. The lowest BCUT2D eigenvalue weighted by molar-refractivity contribution is -0.119. The minimum absolute atomic E-state index is 0.201. The van der Waals surface area contributed by atoms with E-state index in [1.807, 2.05) is 0 Å². The zero-order valence-corrected chi connectivity index (χ0v) is 14.4. The van der Waals surface area contributed by atoms with E-state index in [4.69, 9.17) is 19.6 Å². The summed E-state index contributed by atoms with van der Waals surface area (Å²) in [6.45, 7) is 1.54. The average molecular weight is 354 g/mol. The SMILES string of the molecule is COc1ccc2oc(C)c(C(=O)Nc3ccc(OCC(N)=O)cc3)c2c1. The Kier molecular flexibility index (Phi) is 4.79. The van der Waals surface area contributed by atoms with Crippen LogP contribution in [-0.2, 0) is 4.79 Å². The zero-order chi connectivity index (χ0) is 18.7. The van der Waals surface area contributed by atoms with Crippen molar-refractivity contribution in [2.75, 3.05) is 19.0 Å². The Bertz CT molecular complexity index is 960. The third-order valence-electron chi connectivity index (χ3n) is 3.79. The van der Waals surface area contributed by atoms with Crippen LogP contribution in [0.15, 0.2) is 46.9 Å². The second-order valence-corrected chi connectivity index (χ2v) is 5.63. The minimum Gasteiger partial charge on any atom is -0.497 e. The molecule has 2 aromatic carbocycles. The van der Waals surface area contributed by atoms with Crippen LogP contribution in [0.2, 0.25) is 0 Å². The van der Waals surface area contributed by atoms with Gasteiger partial charge in [0.25, 0.3) is 11.8 Å². The highest BCUT2D eigenvalue weighted by atomic mass is 16.5. The van der Waals surface area contributed by atoms with E-state index in [9.17, 15) is 9.59 Å². The molecule has 3 rings (SSSR count). The van der Waals surface area contributed by atoms with Crippen molar-refractivity contribution in [3.05, 3.63) is 53.8 Å². The number of fused-ring (bicyclic) bond motifs is 1. The molecule has 1 aromatic heterocycles. The maximum atomic E-state index is 12.7. The first-order chi connectivity index (χ1) is 12.5. The van der Waals surface area contributed by atoms with Gasteiger partial charge >= 0.3 is 0 Å². The molecule has 0 saturated heterocycles. The molecular weight excluding hydrogens is 336 g/mol. The molecule has 0 aliphatic carbocycles. The van der Waals surface area contributed by atoms with Gasteiger partial charge in [-0.15, -0.1) is 0 Å². The Morgan fingerprint density at radius 1 is 1.12 bits per heavy atom. The van der Waals surface area contributed by atoms with Crippen LogP contribution in [0.3, 0.4) is 0 Å². The molecule has 0 aliphatic heterocycles. The predicted octanol–water partition coefficient (Wildman–Crippen LogP) is 2.87. The first kappa shape index (κ1) is 17.3. The van der Waals surface area contributed by atoms with Crippen LogP contribution in [-0.4, -0.2) is 25.5 Å². The summed E-state index contributed by atoms with van der Waals surface area (Å²) >= 11 is 0. The third-order valence-corrected chi connectivity index (χ3v) is 3.79. The molecule has 1 heterocycles. The van der Waals surface area contributed by atoms with Crippen molar-refractivity contribution in [1.29, 1.82) is 0 Å². The number of carbonyl (C=O) groups excluding carboxylic acids is 2. The molecule has 0 aliphatic rings. The summed E-state index contributed by atoms with van der Waals surface area (Å²) in [6, 6.07) is 11.9. The average Bonchev–Trinajstić information content (AvgIpc) is 2.95. The fraction of sp³-hybridized carbons (Fsp3) is 0.158. The van der Waals surface area contributed by atoms with Crippen LogP contribution in [0.4, 0.5) is 5.69 Å². The van der Waals surface area contributed by atoms with Gasteiger partial charge in [0.05, 0.1) is 12.7 Å². The number of primary amides is 1. The van der Waals surface area contributed by atoms with Gasteiger partial charge in [0, 0.05) is 11.1 Å². The number of amides is 2. The number of benzene rings is 2. The van der Waals surface area contributed by atoms with Crippen LogP contribution in [0.1, 0.15) is 16.1 Å². The molecule has 2 amide bonds. The number of nitrogens with one attached hydrogen (secondary N) is 1. The molecular formula is C19H18N2O5. The Labute approximate surface area is 149 Å². The number of hydrogen-bond acceptors (Lipinski definition) is 5. The van der Waals surface area contributed by atoms with Crippen molar-refractivity contribution in [3.63, 3.8) is 0 Å². The van der Waals surface area contributed by atoms with E-state index in [2.05, 4.69) is 5.32 Å². The molecule has 0 fully saturated rings. The lowest BCUT2D eigenvalue weighted by Gasteiger charge is -2.07. The number of hydrogen-bond donors (Lipinski definition) is 2. The number of methoxy groups -OCH3 is 1. The summed E-state index contributed by atoms with van der Waals surface area (Å²) < 4.78 is 16.1. The van der Waals surface area contributed by atoms with Gasteiger partial charge in [0.2, 0.25) is 0 Å². The van der Waals surface area contributed by atoms with Gasteiger partial charge < -0.3 is 24.9 Å². The van der Waals surface area contributed by atoms with Gasteiger partial charge in [0.15, 0.2) is 6.61 Å². The molecule has 0 atom stereocenters. The summed E-state index contributed by atoms with van der Waals surface area (Å²) in [6.07, 6.45) is 0. The summed E-state index contributed by atoms with van der Waals surface area (Å²) in [7, 11) is 1.57. The number of rotatable bonds is 6. The van der Waals surface area contributed by atoms with E-state index in [0.29, 0.717) is 39.5 Å². The van der Waals surface area contributed by atoms with E-state index >= 15 is 0 Å². The number of carbonyl (C=O) groups is 2. The maximum absolute atomic E-state index is 12.7. The summed E-state index contributed by atoms with van der Waals surface area (Å²) in [4.78, 5) is 23.4. The van der Waals surface area contributed by atoms with Gasteiger partial charge in [-0.1, -0.05) is 0 Å². The van der Waals surface area contributed by atoms with Crippen LogP contribution >= 0.6 is 0 Å². The molecule has 3 aromatic rings. The van der Waals surface area contributed by atoms with Crippen LogP contribution in [0.5, 0.6) is 11.5 Å². The maximum Gasteiger partial charge on any atom is 0.259 e. The first-order valence-electron chi connectivity index (χ1n) is 7.87. The van der Waals surface area contributed by atoms with Gasteiger partial charge in [-0.3, -0.25) is 9.59 Å². The molecule has 7 heteroatoms. The fourth-order valence-electron chi connectivity index (χ4n) is 2.59. The molecule has 0 unspecified atom stereocenters. The van der Waals surface area contributed by atoms with E-state index in [-0.39, 0.29) is 12.5 Å². The molecule has 26 heavy (non-hydrogen) atoms. The Hall–Kier alpha value is -3.48. The van der Waals surface area contributed by atoms with Crippen molar-refractivity contribution in [3.8, 4) is 11.5 Å². The Morgan fingerprint density at radius 2 is 1.81 bits per heavy atom. The van der Waals surface area contributed by atoms with Crippen molar-refractivity contribution in [1.82, 2.24) is 0 Å². The monoisotopic (exact) mass is 354 g/mol. The molecule has 7 nitrogen and oxygen atoms in total. The zero-order valence-electron chi connectivity index (χ0n) is 14.4. The van der Waals surface area contributed by atoms with Crippen molar-refractivity contribution < 1.29 is 23.5 Å². The van der Waals surface area contributed by atoms with Gasteiger partial charge in [-0.25, -0.2) is 0 Å². The molecule has 0 radical (unpaired) electrons. The van der Waals surface area contributed by atoms with Crippen LogP contribution in [0.25, 0.3) is 11.0 Å². The third kappa shape index (κ3) is 3.61. The van der Waals surface area contributed by atoms with Gasteiger partial charge in [-0.2, -0.15) is 0 Å². The number of nitrogens with two attached hydrogens (primary N) is 1. The van der Waals surface area contributed by atoms with E-state index in [1.165, 1.54) is 0 Å². The minimum atomic E-state index is -0.555. The van der Waals surface area contributed by atoms with Gasteiger partial charge in [-0.05, 0) is 49.4 Å². The van der Waals surface area contributed by atoms with Crippen molar-refractivity contribution in [2.45, 2.75) is 6.92 Å². The van der Waals surface area contributed by atoms with Gasteiger partial charge in [0.1, 0.15) is 22.8 Å². The Morgan fingerprint density at radius 3 is 2.46 bits per heavy atom. The summed E-state index contributed by atoms with van der Waals surface area (Å²) in [5, 5.41) is 3.50. The lowest BCUT2D eigenvalue weighted by atomic mass is 10.1. The highest BCUT2D eigenvalue weighted by Crippen LogP contribution is 2.29. The van der Waals surface area contributed by atoms with Crippen LogP contribution < -0.4 is 20.5 Å². The second-order valence-electron chi connectivity index (χ2n) is 5.63. The fourth-order valence-corrected chi connectivity index (χ4v) is 2.59. The molecule has 0 bridgehead atoms. The topological polar surface area (TPSA) is 104 Å². The largest absolute Gasteiger partial charge is 0.497 e. The quantitative estimate of drug-likeness (QED) is 0.708. The molecule has 3 N–H and O–H groups in total. The van der Waals surface area contributed by atoms with E-state index in [0.717, 1.165) is 0 Å². The lowest BCUT2D eigenvalue weighted by Crippen LogP contribution is -2.20. The molecule has 134 valence electrons. The Balaban J connectivity index is 1.80. The predicted molar refractivity (Wildman–Crippen MR) is 96.6 cm³/mol. The highest BCUT2D eigenvalue weighted by molar-refractivity contribution is 6.13. The smallest absolute Gasteiger partial charge is 0.259 e. The van der Waals surface area contributed by atoms with E-state index < -0.39 is 5.91 Å². The second kappa shape index (κ2) is 7.18. The number of ether oxygens (including phenoxy) is 2. The number of furan rings is 1. The molecule has 0 spiro atoms. The standard InChI is InChI=1S/C19H18N2O5/c1-11-18(15-9-14(24-2)7-8-16(15)26-11)19(23)21-12-3-5-13(6-4-12)25-10-17(20)22/h3-9H,10H2,1-2H3,(H2,20,22)(H,21,23). The number of anilines is 1. The number of aryl methyl sites for hydroxylation is 1.